The highest BCUT2D eigenvalue weighted by molar-refractivity contribution is 5.95. The molecule has 5 heteroatoms. The van der Waals surface area contributed by atoms with Crippen molar-refractivity contribution in [1.82, 2.24) is 9.78 Å². The molecule has 0 unspecified atom stereocenters. The molecule has 1 fully saturated rings. The minimum Gasteiger partial charge on any atom is -0.379 e. The van der Waals surface area contributed by atoms with Gasteiger partial charge in [-0.3, -0.25) is 9.48 Å². The van der Waals surface area contributed by atoms with Crippen molar-refractivity contribution in [3.8, 4) is 0 Å². The van der Waals surface area contributed by atoms with E-state index in [4.69, 9.17) is 4.74 Å². The molecule has 1 aromatic rings. The van der Waals surface area contributed by atoms with Gasteiger partial charge in [-0.25, -0.2) is 0 Å². The van der Waals surface area contributed by atoms with E-state index >= 15 is 0 Å². The van der Waals surface area contributed by atoms with Crippen LogP contribution in [0.1, 0.15) is 33.4 Å². The average molecular weight is 265 g/mol. The summed E-state index contributed by atoms with van der Waals surface area (Å²) in [5.74, 6) is 0.751. The van der Waals surface area contributed by atoms with Crippen molar-refractivity contribution >= 4 is 11.7 Å². The molecular weight excluding hydrogens is 242 g/mol. The van der Waals surface area contributed by atoms with Crippen LogP contribution in [0.15, 0.2) is 6.07 Å². The fourth-order valence-electron chi connectivity index (χ4n) is 2.08. The zero-order chi connectivity index (χ0) is 14.3. The third-order valence-electron chi connectivity index (χ3n) is 3.27. The Morgan fingerprint density at radius 1 is 1.53 bits per heavy atom. The van der Waals surface area contributed by atoms with Gasteiger partial charge in [0.25, 0.3) is 0 Å². The van der Waals surface area contributed by atoms with Crippen molar-refractivity contribution in [2.24, 2.45) is 17.9 Å². The Balaban J connectivity index is 2.07. The summed E-state index contributed by atoms with van der Waals surface area (Å²) >= 11 is 0. The van der Waals surface area contributed by atoms with Gasteiger partial charge in [-0.15, -0.1) is 0 Å². The third kappa shape index (κ3) is 3.15. The molecule has 1 saturated heterocycles. The van der Waals surface area contributed by atoms with E-state index < -0.39 is 5.41 Å². The van der Waals surface area contributed by atoms with E-state index in [0.29, 0.717) is 13.2 Å². The second-order valence-electron chi connectivity index (χ2n) is 6.89. The molecule has 0 aromatic carbocycles. The first-order valence-corrected chi connectivity index (χ1v) is 6.62. The Bertz CT molecular complexity index is 481. The molecule has 2 heterocycles. The number of rotatable bonds is 3. The van der Waals surface area contributed by atoms with Crippen molar-refractivity contribution < 1.29 is 9.53 Å². The normalized spacial score (nSPS) is 17.9. The molecule has 0 bridgehead atoms. The predicted octanol–water partition coefficient (Wildman–Crippen LogP) is 1.98. The number of carbonyl (C=O) groups is 1. The number of amides is 1. The van der Waals surface area contributed by atoms with Gasteiger partial charge in [0.05, 0.1) is 24.3 Å². The lowest BCUT2D eigenvalue weighted by atomic mass is 9.87. The molecule has 1 aromatic heterocycles. The summed E-state index contributed by atoms with van der Waals surface area (Å²) in [5.41, 5.74) is 0.790. The van der Waals surface area contributed by atoms with Crippen LogP contribution in [0.4, 0.5) is 5.82 Å². The summed E-state index contributed by atoms with van der Waals surface area (Å²) < 4.78 is 6.84. The fourth-order valence-corrected chi connectivity index (χ4v) is 2.08. The van der Waals surface area contributed by atoms with Crippen LogP contribution >= 0.6 is 0 Å². The molecule has 2 rings (SSSR count). The Labute approximate surface area is 114 Å². The van der Waals surface area contributed by atoms with Crippen LogP contribution in [0.2, 0.25) is 0 Å². The topological polar surface area (TPSA) is 56.2 Å². The van der Waals surface area contributed by atoms with Crippen LogP contribution in [-0.2, 0) is 23.0 Å². The number of nitrogens with one attached hydrogen (secondary N) is 1. The van der Waals surface area contributed by atoms with Gasteiger partial charge in [0.15, 0.2) is 0 Å². The maximum absolute atomic E-state index is 12.1. The smallest absolute Gasteiger partial charge is 0.236 e. The fraction of sp³-hybridized carbons (Fsp3) is 0.714. The van der Waals surface area contributed by atoms with E-state index in [-0.39, 0.29) is 11.3 Å². The van der Waals surface area contributed by atoms with Gasteiger partial charge in [-0.1, -0.05) is 20.8 Å². The summed E-state index contributed by atoms with van der Waals surface area (Å²) in [5, 5.41) is 7.39. The van der Waals surface area contributed by atoms with Crippen molar-refractivity contribution in [1.29, 1.82) is 0 Å². The number of hydrogen-bond acceptors (Lipinski definition) is 3. The number of carbonyl (C=O) groups excluding carboxylic acids is 1. The molecule has 1 aliphatic rings. The van der Waals surface area contributed by atoms with Gasteiger partial charge >= 0.3 is 0 Å². The Morgan fingerprint density at radius 3 is 2.63 bits per heavy atom. The molecule has 0 radical (unpaired) electrons. The minimum atomic E-state index is -0.394. The monoisotopic (exact) mass is 265 g/mol. The van der Waals surface area contributed by atoms with E-state index in [2.05, 4.69) is 31.2 Å². The number of hydrogen-bond donors (Lipinski definition) is 1. The number of ether oxygens (including phenoxy) is 1. The lowest BCUT2D eigenvalue weighted by Gasteiger charge is -2.36. The zero-order valence-electron chi connectivity index (χ0n) is 12.4. The first kappa shape index (κ1) is 14.1. The van der Waals surface area contributed by atoms with Crippen LogP contribution in [0, 0.1) is 10.8 Å². The van der Waals surface area contributed by atoms with Gasteiger partial charge in [0.1, 0.15) is 5.82 Å². The Kier molecular flexibility index (Phi) is 3.43. The second-order valence-corrected chi connectivity index (χ2v) is 6.89. The molecule has 106 valence electrons. The highest BCUT2D eigenvalue weighted by Gasteiger charge is 2.41. The molecule has 5 nitrogen and oxygen atoms in total. The molecule has 19 heavy (non-hydrogen) atoms. The average Bonchev–Trinajstić information content (AvgIpc) is 2.52. The standard InChI is InChI=1S/C14H23N3O2/c1-13(2,3)7-10-6-11(17(5)16-10)15-12(18)14(4)8-19-9-14/h6H,7-9H2,1-5H3,(H,15,18). The van der Waals surface area contributed by atoms with E-state index in [1.165, 1.54) is 0 Å². The first-order chi connectivity index (χ1) is 8.70. The molecule has 0 atom stereocenters. The summed E-state index contributed by atoms with van der Waals surface area (Å²) in [6.07, 6.45) is 0.886. The largest absolute Gasteiger partial charge is 0.379 e. The summed E-state index contributed by atoms with van der Waals surface area (Å²) in [6.45, 7) is 9.42. The minimum absolute atomic E-state index is 0.00376. The third-order valence-corrected chi connectivity index (χ3v) is 3.27. The maximum atomic E-state index is 12.1. The van der Waals surface area contributed by atoms with Crippen LogP contribution < -0.4 is 5.32 Å². The molecule has 0 spiro atoms. The van der Waals surface area contributed by atoms with E-state index in [9.17, 15) is 4.79 Å². The molecule has 1 N–H and O–H groups in total. The lowest BCUT2D eigenvalue weighted by molar-refractivity contribution is -0.152. The lowest BCUT2D eigenvalue weighted by Crippen LogP contribution is -2.49. The molecule has 0 saturated carbocycles. The molecular formula is C14H23N3O2. The number of anilines is 1. The van der Waals surface area contributed by atoms with Crippen LogP contribution in [-0.4, -0.2) is 28.9 Å². The van der Waals surface area contributed by atoms with Crippen LogP contribution in [0.25, 0.3) is 0 Å². The van der Waals surface area contributed by atoms with Crippen molar-refractivity contribution in [3.63, 3.8) is 0 Å². The maximum Gasteiger partial charge on any atom is 0.236 e. The van der Waals surface area contributed by atoms with Gasteiger partial charge in [-0.2, -0.15) is 5.10 Å². The molecule has 1 amide bonds. The summed E-state index contributed by atoms with van der Waals surface area (Å²) in [6, 6.07) is 1.95. The van der Waals surface area contributed by atoms with E-state index in [1.54, 1.807) is 4.68 Å². The summed E-state index contributed by atoms with van der Waals surface area (Å²) in [4.78, 5) is 12.1. The van der Waals surface area contributed by atoms with E-state index in [0.717, 1.165) is 17.9 Å². The van der Waals surface area contributed by atoms with Crippen molar-refractivity contribution in [3.05, 3.63) is 11.8 Å². The predicted molar refractivity (Wildman–Crippen MR) is 73.9 cm³/mol. The van der Waals surface area contributed by atoms with Gasteiger partial charge in [-0.05, 0) is 18.8 Å². The Morgan fingerprint density at radius 2 is 2.16 bits per heavy atom. The molecule has 1 aliphatic heterocycles. The van der Waals surface area contributed by atoms with Gasteiger partial charge in [0, 0.05) is 13.1 Å². The van der Waals surface area contributed by atoms with Gasteiger partial charge in [0.2, 0.25) is 5.91 Å². The van der Waals surface area contributed by atoms with Crippen molar-refractivity contribution in [2.75, 3.05) is 18.5 Å². The first-order valence-electron chi connectivity index (χ1n) is 6.62. The number of aryl methyl sites for hydroxylation is 1. The zero-order valence-corrected chi connectivity index (χ0v) is 12.4. The van der Waals surface area contributed by atoms with Crippen molar-refractivity contribution in [2.45, 2.75) is 34.1 Å². The van der Waals surface area contributed by atoms with Crippen LogP contribution in [0.3, 0.4) is 0 Å². The SMILES string of the molecule is Cn1nc(CC(C)(C)C)cc1NC(=O)C1(C)COC1. The second kappa shape index (κ2) is 4.63. The highest BCUT2D eigenvalue weighted by atomic mass is 16.5. The molecule has 0 aliphatic carbocycles. The van der Waals surface area contributed by atoms with E-state index in [1.807, 2.05) is 20.0 Å². The highest BCUT2D eigenvalue weighted by Crippen LogP contribution is 2.28. The number of nitrogens with zero attached hydrogens (tertiary/aromatic N) is 2. The Hall–Kier alpha value is -1.36. The number of aromatic nitrogens is 2. The summed E-state index contributed by atoms with van der Waals surface area (Å²) in [7, 11) is 1.85. The van der Waals surface area contributed by atoms with Gasteiger partial charge < -0.3 is 10.1 Å². The van der Waals surface area contributed by atoms with Crippen LogP contribution in [0.5, 0.6) is 0 Å². The quantitative estimate of drug-likeness (QED) is 0.909.